The molecule has 160 valence electrons. The summed E-state index contributed by atoms with van der Waals surface area (Å²) in [7, 11) is 3.91. The summed E-state index contributed by atoms with van der Waals surface area (Å²) < 4.78 is 2.38. The zero-order valence-electron chi connectivity index (χ0n) is 17.7. The summed E-state index contributed by atoms with van der Waals surface area (Å²) in [4.78, 5) is 33.2. The van der Waals surface area contributed by atoms with E-state index >= 15 is 0 Å². The molecule has 2 atom stereocenters. The van der Waals surface area contributed by atoms with Gasteiger partial charge in [-0.3, -0.25) is 9.89 Å². The van der Waals surface area contributed by atoms with E-state index in [0.717, 1.165) is 21.4 Å². The van der Waals surface area contributed by atoms with Crippen LogP contribution < -0.4 is 10.5 Å². The molecule has 1 N–H and O–H groups in total. The van der Waals surface area contributed by atoms with E-state index < -0.39 is 17.8 Å². The fourth-order valence-electron chi connectivity index (χ4n) is 4.07. The fourth-order valence-corrected chi connectivity index (χ4v) is 4.82. The molecule has 2 heterocycles. The van der Waals surface area contributed by atoms with Crippen molar-refractivity contribution in [3.8, 4) is 5.69 Å². The molecule has 2 unspecified atom stereocenters. The largest absolute Gasteiger partial charge is 0.377 e. The van der Waals surface area contributed by atoms with Gasteiger partial charge in [-0.25, -0.2) is 9.48 Å². The standard InChI is InChI=1S/C23H23BrN4O3/c1-13-19(22(29)28(25-13)16-8-6-5-7-9-16)21(20-14(2)26-31-23(20)30)15-10-11-18(27(3)4)17(24)12-15/h5-12,20-21,25H,1-4H3. The number of carbonyl (C=O) groups is 1. The quantitative estimate of drug-likeness (QED) is 0.557. The number of aromatic amines is 1. The molecule has 1 aliphatic rings. The van der Waals surface area contributed by atoms with Crippen LogP contribution in [0.15, 0.2) is 63.0 Å². The first-order valence-corrected chi connectivity index (χ1v) is 10.7. The van der Waals surface area contributed by atoms with E-state index in [0.29, 0.717) is 17.0 Å². The van der Waals surface area contributed by atoms with Gasteiger partial charge in [0.25, 0.3) is 5.56 Å². The van der Waals surface area contributed by atoms with Gasteiger partial charge in [0.1, 0.15) is 5.92 Å². The van der Waals surface area contributed by atoms with E-state index in [9.17, 15) is 9.59 Å². The van der Waals surface area contributed by atoms with E-state index in [1.54, 1.807) is 6.92 Å². The zero-order chi connectivity index (χ0) is 22.3. The van der Waals surface area contributed by atoms with Crippen LogP contribution in [0.25, 0.3) is 5.69 Å². The highest BCUT2D eigenvalue weighted by atomic mass is 79.9. The molecule has 1 aliphatic heterocycles. The van der Waals surface area contributed by atoms with Crippen molar-refractivity contribution in [3.63, 3.8) is 0 Å². The monoisotopic (exact) mass is 482 g/mol. The summed E-state index contributed by atoms with van der Waals surface area (Å²) in [5, 5.41) is 7.06. The highest BCUT2D eigenvalue weighted by Crippen LogP contribution is 2.39. The summed E-state index contributed by atoms with van der Waals surface area (Å²) in [6.45, 7) is 3.60. The molecule has 8 heteroatoms. The fraction of sp³-hybridized carbons (Fsp3) is 0.261. The van der Waals surface area contributed by atoms with E-state index in [1.165, 1.54) is 4.68 Å². The first-order valence-electron chi connectivity index (χ1n) is 9.88. The minimum Gasteiger partial charge on any atom is -0.377 e. The maximum Gasteiger partial charge on any atom is 0.344 e. The third-order valence-electron chi connectivity index (χ3n) is 5.57. The molecule has 0 amide bonds. The van der Waals surface area contributed by atoms with Crippen LogP contribution in [-0.4, -0.2) is 35.6 Å². The second kappa shape index (κ2) is 8.19. The number of oxime groups is 1. The number of H-pyrrole nitrogens is 1. The van der Waals surface area contributed by atoms with E-state index in [2.05, 4.69) is 26.2 Å². The van der Waals surface area contributed by atoms with Crippen molar-refractivity contribution in [2.45, 2.75) is 19.8 Å². The Morgan fingerprint density at radius 2 is 1.84 bits per heavy atom. The van der Waals surface area contributed by atoms with Gasteiger partial charge >= 0.3 is 5.97 Å². The Morgan fingerprint density at radius 3 is 2.42 bits per heavy atom. The Kier molecular flexibility index (Phi) is 5.58. The Morgan fingerprint density at radius 1 is 1.13 bits per heavy atom. The Hall–Kier alpha value is -3.13. The Labute approximate surface area is 188 Å². The van der Waals surface area contributed by atoms with Gasteiger partial charge in [-0.2, -0.15) is 0 Å². The lowest BCUT2D eigenvalue weighted by Gasteiger charge is -2.23. The first-order chi connectivity index (χ1) is 14.8. The summed E-state index contributed by atoms with van der Waals surface area (Å²) in [5.74, 6) is -1.68. The van der Waals surface area contributed by atoms with Gasteiger partial charge in [-0.15, -0.1) is 0 Å². The molecular formula is C23H23BrN4O3. The third-order valence-corrected chi connectivity index (χ3v) is 6.21. The predicted molar refractivity (Wildman–Crippen MR) is 124 cm³/mol. The Balaban J connectivity index is 1.92. The molecular weight excluding hydrogens is 460 g/mol. The summed E-state index contributed by atoms with van der Waals surface area (Å²) in [5.41, 5.74) is 4.11. The first kappa shape index (κ1) is 21.1. The van der Waals surface area contributed by atoms with Crippen LogP contribution in [0.1, 0.15) is 29.7 Å². The number of hydrogen-bond donors (Lipinski definition) is 1. The molecule has 0 bridgehead atoms. The van der Waals surface area contributed by atoms with Gasteiger partial charge in [0.15, 0.2) is 0 Å². The number of nitrogens with one attached hydrogen (secondary N) is 1. The number of para-hydroxylation sites is 1. The van der Waals surface area contributed by atoms with Gasteiger partial charge in [-0.1, -0.05) is 29.4 Å². The smallest absolute Gasteiger partial charge is 0.344 e. The van der Waals surface area contributed by atoms with Crippen LogP contribution in [0.2, 0.25) is 0 Å². The van der Waals surface area contributed by atoms with E-state index in [4.69, 9.17) is 4.84 Å². The van der Waals surface area contributed by atoms with Crippen LogP contribution in [0.3, 0.4) is 0 Å². The molecule has 0 saturated heterocycles. The minimum absolute atomic E-state index is 0.200. The maximum absolute atomic E-state index is 13.6. The highest BCUT2D eigenvalue weighted by molar-refractivity contribution is 9.10. The number of anilines is 1. The van der Waals surface area contributed by atoms with Crippen LogP contribution in [0.5, 0.6) is 0 Å². The topological polar surface area (TPSA) is 79.7 Å². The maximum atomic E-state index is 13.6. The van der Waals surface area contributed by atoms with Gasteiger partial charge in [0.05, 0.1) is 17.1 Å². The molecule has 3 aromatic rings. The lowest BCUT2D eigenvalue weighted by molar-refractivity contribution is -0.143. The van der Waals surface area contributed by atoms with Crippen LogP contribution in [0.4, 0.5) is 5.69 Å². The minimum atomic E-state index is -0.677. The molecule has 2 aromatic carbocycles. The molecule has 0 fully saturated rings. The normalized spacial score (nSPS) is 16.7. The van der Waals surface area contributed by atoms with Crippen LogP contribution in [0, 0.1) is 12.8 Å². The van der Waals surface area contributed by atoms with Gasteiger partial charge in [-0.05, 0) is 59.6 Å². The van der Waals surface area contributed by atoms with Crippen LogP contribution in [-0.2, 0) is 9.63 Å². The number of aromatic nitrogens is 2. The molecule has 4 rings (SSSR count). The van der Waals surface area contributed by atoms with Crippen molar-refractivity contribution in [2.75, 3.05) is 19.0 Å². The van der Waals surface area contributed by atoms with Gasteiger partial charge in [0, 0.05) is 35.7 Å². The average Bonchev–Trinajstić information content (AvgIpc) is 3.22. The molecule has 0 spiro atoms. The van der Waals surface area contributed by atoms with Crippen molar-refractivity contribution in [1.82, 2.24) is 9.78 Å². The number of nitrogens with zero attached hydrogens (tertiary/aromatic N) is 3. The van der Waals surface area contributed by atoms with Gasteiger partial charge in [0.2, 0.25) is 0 Å². The number of carbonyl (C=O) groups excluding carboxylic acids is 1. The van der Waals surface area contributed by atoms with Crippen molar-refractivity contribution >= 4 is 33.3 Å². The average molecular weight is 483 g/mol. The van der Waals surface area contributed by atoms with Crippen LogP contribution >= 0.6 is 15.9 Å². The number of benzene rings is 2. The molecule has 1 aromatic heterocycles. The molecule has 0 aliphatic carbocycles. The van der Waals surface area contributed by atoms with E-state index in [1.807, 2.05) is 74.4 Å². The number of hydrogen-bond acceptors (Lipinski definition) is 5. The highest BCUT2D eigenvalue weighted by Gasteiger charge is 2.41. The third kappa shape index (κ3) is 3.72. The number of aryl methyl sites for hydroxylation is 1. The number of halogens is 1. The molecule has 7 nitrogen and oxygen atoms in total. The summed E-state index contributed by atoms with van der Waals surface area (Å²) in [6, 6.07) is 15.2. The van der Waals surface area contributed by atoms with E-state index in [-0.39, 0.29) is 5.56 Å². The number of rotatable bonds is 5. The lowest BCUT2D eigenvalue weighted by Crippen LogP contribution is -2.30. The lowest BCUT2D eigenvalue weighted by atomic mass is 9.78. The second-order valence-corrected chi connectivity index (χ2v) is 8.68. The molecule has 0 saturated carbocycles. The van der Waals surface area contributed by atoms with Crippen molar-refractivity contribution in [1.29, 1.82) is 0 Å². The summed E-state index contributed by atoms with van der Waals surface area (Å²) in [6.07, 6.45) is 0. The Bertz CT molecular complexity index is 1230. The van der Waals surface area contributed by atoms with Crippen molar-refractivity contribution < 1.29 is 9.63 Å². The van der Waals surface area contributed by atoms with Gasteiger partial charge < -0.3 is 9.74 Å². The molecule has 0 radical (unpaired) electrons. The second-order valence-electron chi connectivity index (χ2n) is 7.83. The predicted octanol–water partition coefficient (Wildman–Crippen LogP) is 3.98. The zero-order valence-corrected chi connectivity index (χ0v) is 19.3. The van der Waals surface area contributed by atoms with Crippen molar-refractivity contribution in [2.24, 2.45) is 11.1 Å². The summed E-state index contributed by atoms with van der Waals surface area (Å²) >= 11 is 3.63. The molecule has 31 heavy (non-hydrogen) atoms. The van der Waals surface area contributed by atoms with Crippen molar-refractivity contribution in [3.05, 3.63) is 80.2 Å². The SMILES string of the molecule is CC1=NOC(=O)C1C(c1ccc(N(C)C)c(Br)c1)c1c(C)[nH]n(-c2ccccc2)c1=O.